The van der Waals surface area contributed by atoms with Crippen LogP contribution in [0.25, 0.3) is 0 Å². The maximum atomic E-state index is 11.7. The van der Waals surface area contributed by atoms with E-state index in [-0.39, 0.29) is 0 Å². The third-order valence-electron chi connectivity index (χ3n) is 4.93. The predicted molar refractivity (Wildman–Crippen MR) is 101 cm³/mol. The maximum Gasteiger partial charge on any atom is 0.316 e. The Labute approximate surface area is 147 Å². The van der Waals surface area contributed by atoms with Gasteiger partial charge in [-0.2, -0.15) is 0 Å². The highest BCUT2D eigenvalue weighted by atomic mass is 32.2. The number of anilines is 1. The number of nitrogens with zero attached hydrogens (tertiary/aromatic N) is 2. The minimum absolute atomic E-state index is 0.573. The van der Waals surface area contributed by atoms with Crippen molar-refractivity contribution in [3.8, 4) is 0 Å². The van der Waals surface area contributed by atoms with E-state index in [1.165, 1.54) is 10.7 Å². The number of amidine groups is 1. The third-order valence-corrected chi connectivity index (χ3v) is 6.12. The van der Waals surface area contributed by atoms with Gasteiger partial charge in [-0.15, -0.1) is 0 Å². The van der Waals surface area contributed by atoms with E-state index in [2.05, 4.69) is 65.8 Å². The molecule has 2 aliphatic rings. The van der Waals surface area contributed by atoms with Crippen molar-refractivity contribution in [2.24, 2.45) is 0 Å². The van der Waals surface area contributed by atoms with Gasteiger partial charge in [-0.05, 0) is 49.7 Å². The molecule has 0 bridgehead atoms. The van der Waals surface area contributed by atoms with Gasteiger partial charge >= 0.3 is 5.17 Å². The minimum Gasteiger partial charge on any atom is -0.346 e. The Balaban J connectivity index is 1.83. The van der Waals surface area contributed by atoms with E-state index in [1.54, 1.807) is 0 Å². The number of para-hydroxylation sites is 1. The zero-order valence-electron chi connectivity index (χ0n) is 14.2. The van der Waals surface area contributed by atoms with Crippen LogP contribution in [0.1, 0.15) is 23.1 Å². The average Bonchev–Trinajstić information content (AvgIpc) is 2.90. The van der Waals surface area contributed by atoms with E-state index in [1.807, 2.05) is 17.8 Å². The molecule has 0 spiro atoms. The first-order valence-electron chi connectivity index (χ1n) is 8.50. The van der Waals surface area contributed by atoms with E-state index in [4.69, 9.17) is 0 Å². The van der Waals surface area contributed by atoms with E-state index >= 15 is 0 Å². The lowest BCUT2D eigenvalue weighted by Crippen LogP contribution is -2.42. The Kier molecular flexibility index (Phi) is 3.89. The monoisotopic (exact) mass is 339 g/mol. The zero-order chi connectivity index (χ0) is 16.7. The molecule has 2 heterocycles. The van der Waals surface area contributed by atoms with Gasteiger partial charge in [-0.25, -0.2) is 9.48 Å². The normalized spacial score (nSPS) is 23.5. The Bertz CT molecular complexity index is 803. The second kappa shape index (κ2) is 5.94. The standard InChI is InChI=1S/C20H23N2OS/c1-15-9-10-18(16(2)13-15)20(23)14-21(17-7-4-3-5-8-17)19-22(20)11-6-12-24-19/h3-5,7-10,13,23H,6,11-12,14H2,1-2H3/q+1/t20-/m1/s1. The van der Waals surface area contributed by atoms with Gasteiger partial charge in [0.1, 0.15) is 5.69 Å². The van der Waals surface area contributed by atoms with Gasteiger partial charge in [-0.1, -0.05) is 42.0 Å². The fraction of sp³-hybridized carbons (Fsp3) is 0.350. The summed E-state index contributed by atoms with van der Waals surface area (Å²) < 4.78 is 2.20. The second-order valence-electron chi connectivity index (χ2n) is 6.69. The molecule has 4 heteroatoms. The smallest absolute Gasteiger partial charge is 0.316 e. The first kappa shape index (κ1) is 15.7. The summed E-state index contributed by atoms with van der Waals surface area (Å²) in [6.45, 7) is 5.67. The maximum absolute atomic E-state index is 11.7. The van der Waals surface area contributed by atoms with Crippen LogP contribution in [0.15, 0.2) is 48.5 Å². The summed E-state index contributed by atoms with van der Waals surface area (Å²) in [5, 5.41) is 12.9. The number of benzene rings is 2. The summed E-state index contributed by atoms with van der Waals surface area (Å²) >= 11 is 1.85. The first-order chi connectivity index (χ1) is 11.6. The molecule has 24 heavy (non-hydrogen) atoms. The number of thioether (sulfide) groups is 1. The SMILES string of the molecule is Cc1ccc([C@]2(O)CN(c3ccccc3)C3=[N+]2CCCS3)c(C)c1. The average molecular weight is 339 g/mol. The van der Waals surface area contributed by atoms with Crippen molar-refractivity contribution < 1.29 is 9.68 Å². The van der Waals surface area contributed by atoms with Crippen molar-refractivity contribution in [1.82, 2.24) is 0 Å². The molecule has 2 aromatic rings. The topological polar surface area (TPSA) is 26.5 Å². The van der Waals surface area contributed by atoms with Gasteiger partial charge in [0.15, 0.2) is 6.54 Å². The van der Waals surface area contributed by atoms with Crippen molar-refractivity contribution in [2.45, 2.75) is 26.0 Å². The number of β-amino-alcohol motifs (C(OH)–C–C–N with tert-alkyl or cyclic N) is 1. The number of aryl methyl sites for hydroxylation is 2. The molecule has 0 saturated heterocycles. The lowest BCUT2D eigenvalue weighted by atomic mass is 9.95. The van der Waals surface area contributed by atoms with E-state index < -0.39 is 5.72 Å². The van der Waals surface area contributed by atoms with Gasteiger partial charge < -0.3 is 5.11 Å². The van der Waals surface area contributed by atoms with Crippen molar-refractivity contribution in [3.05, 3.63) is 65.2 Å². The van der Waals surface area contributed by atoms with Crippen LogP contribution >= 0.6 is 11.8 Å². The fourth-order valence-electron chi connectivity index (χ4n) is 3.80. The van der Waals surface area contributed by atoms with E-state index in [0.717, 1.165) is 35.5 Å². The summed E-state index contributed by atoms with van der Waals surface area (Å²) in [4.78, 5) is 2.27. The van der Waals surface area contributed by atoms with Crippen LogP contribution in [-0.2, 0) is 5.72 Å². The molecule has 0 amide bonds. The molecule has 0 fully saturated rings. The first-order valence-corrected chi connectivity index (χ1v) is 9.48. The lowest BCUT2D eigenvalue weighted by molar-refractivity contribution is -0.656. The summed E-state index contributed by atoms with van der Waals surface area (Å²) in [5.74, 6) is 1.11. The fourth-order valence-corrected chi connectivity index (χ4v) is 4.98. The molecule has 0 saturated carbocycles. The molecule has 2 aliphatic heterocycles. The van der Waals surface area contributed by atoms with Crippen molar-refractivity contribution in [3.63, 3.8) is 0 Å². The lowest BCUT2D eigenvalue weighted by Gasteiger charge is -2.26. The Hall–Kier alpha value is -1.78. The van der Waals surface area contributed by atoms with Gasteiger partial charge in [0.05, 0.1) is 6.54 Å². The van der Waals surface area contributed by atoms with Crippen LogP contribution in [0.5, 0.6) is 0 Å². The molecular formula is C20H23N2OS+. The van der Waals surface area contributed by atoms with Crippen molar-refractivity contribution >= 4 is 22.6 Å². The molecule has 1 atom stereocenters. The number of aliphatic hydroxyl groups is 1. The van der Waals surface area contributed by atoms with Crippen LogP contribution in [0, 0.1) is 13.8 Å². The number of hydrogen-bond acceptors (Lipinski definition) is 3. The van der Waals surface area contributed by atoms with E-state index in [9.17, 15) is 5.11 Å². The zero-order valence-corrected chi connectivity index (χ0v) is 15.0. The Morgan fingerprint density at radius 2 is 1.92 bits per heavy atom. The quantitative estimate of drug-likeness (QED) is 0.849. The second-order valence-corrected chi connectivity index (χ2v) is 7.75. The highest BCUT2D eigenvalue weighted by Crippen LogP contribution is 2.38. The summed E-state index contributed by atoms with van der Waals surface area (Å²) in [7, 11) is 0. The van der Waals surface area contributed by atoms with Gasteiger partial charge in [0.25, 0.3) is 5.72 Å². The van der Waals surface area contributed by atoms with Gasteiger partial charge in [0, 0.05) is 11.3 Å². The Morgan fingerprint density at radius 3 is 2.67 bits per heavy atom. The summed E-state index contributed by atoms with van der Waals surface area (Å²) in [6, 6.07) is 16.7. The molecule has 0 aliphatic carbocycles. The molecule has 0 aromatic heterocycles. The summed E-state index contributed by atoms with van der Waals surface area (Å²) in [5.41, 5.74) is 3.59. The molecule has 0 unspecified atom stereocenters. The Morgan fingerprint density at radius 1 is 1.12 bits per heavy atom. The van der Waals surface area contributed by atoms with Gasteiger partial charge in [-0.3, -0.25) is 0 Å². The number of hydrogen-bond donors (Lipinski definition) is 1. The van der Waals surface area contributed by atoms with Crippen LogP contribution < -0.4 is 4.90 Å². The molecule has 0 radical (unpaired) electrons. The molecular weight excluding hydrogens is 316 g/mol. The minimum atomic E-state index is -0.962. The van der Waals surface area contributed by atoms with Crippen LogP contribution in [-0.4, -0.2) is 33.7 Å². The van der Waals surface area contributed by atoms with Crippen molar-refractivity contribution in [1.29, 1.82) is 0 Å². The van der Waals surface area contributed by atoms with Crippen LogP contribution in [0.3, 0.4) is 0 Å². The van der Waals surface area contributed by atoms with Crippen molar-refractivity contribution in [2.75, 3.05) is 23.7 Å². The molecule has 124 valence electrons. The molecule has 3 nitrogen and oxygen atoms in total. The highest BCUT2D eigenvalue weighted by molar-refractivity contribution is 8.13. The molecule has 4 rings (SSSR count). The van der Waals surface area contributed by atoms with Crippen LogP contribution in [0.4, 0.5) is 5.69 Å². The van der Waals surface area contributed by atoms with E-state index in [0.29, 0.717) is 6.54 Å². The van der Waals surface area contributed by atoms with Crippen LogP contribution in [0.2, 0.25) is 0 Å². The summed E-state index contributed by atoms with van der Waals surface area (Å²) in [6.07, 6.45) is 1.10. The highest BCUT2D eigenvalue weighted by Gasteiger charge is 2.53. The van der Waals surface area contributed by atoms with Gasteiger partial charge in [0.2, 0.25) is 0 Å². The number of rotatable bonds is 2. The molecule has 1 N–H and O–H groups in total. The molecule has 2 aromatic carbocycles. The largest absolute Gasteiger partial charge is 0.346 e. The predicted octanol–water partition coefficient (Wildman–Crippen LogP) is 3.47. The third kappa shape index (κ3) is 2.45.